The highest BCUT2D eigenvalue weighted by Gasteiger charge is 2.36. The van der Waals surface area contributed by atoms with E-state index in [0.29, 0.717) is 56.2 Å². The number of isothiocyanates is 1. The van der Waals surface area contributed by atoms with E-state index < -0.39 is 50.1 Å². The number of aromatic hydroxyl groups is 1. The largest absolute Gasteiger partial charge is 0.508 e. The molecule has 47 heteroatoms. The van der Waals surface area contributed by atoms with Crippen LogP contribution in [0.15, 0.2) is 206 Å². The number of hydrogen-bond acceptors (Lipinski definition) is 25. The summed E-state index contributed by atoms with van der Waals surface area (Å²) < 4.78 is 137. The van der Waals surface area contributed by atoms with Crippen LogP contribution in [0.4, 0.5) is 96.6 Å². The summed E-state index contributed by atoms with van der Waals surface area (Å²) in [6.07, 6.45) is -5.30. The predicted octanol–water partition coefficient (Wildman–Crippen LogP) is 19.4. The molecule has 12 aromatic rings. The molecule has 7 aromatic carbocycles. The first-order chi connectivity index (χ1) is 60.1. The first kappa shape index (κ1) is 99.8. The van der Waals surface area contributed by atoms with E-state index in [4.69, 9.17) is 99.9 Å². The maximum absolute atomic E-state index is 13.1. The molecule has 0 aliphatic carbocycles. The number of nitrogens with zero attached hydrogens (tertiary/aromatic N) is 8. The zero-order valence-corrected chi connectivity index (χ0v) is 70.4. The molecule has 664 valence electrons. The van der Waals surface area contributed by atoms with Crippen LogP contribution < -0.4 is 68.6 Å². The van der Waals surface area contributed by atoms with Crippen LogP contribution in [-0.2, 0) is 23.3 Å². The molecular weight excluding hydrogens is 1810 g/mol. The molecule has 1 fully saturated rings. The Morgan fingerprint density at radius 2 is 0.913 bits per heavy atom. The number of carbonyl (C=O) groups excluding carboxylic acids is 4. The number of imidazole rings is 1. The second-order valence-electron chi connectivity index (χ2n) is 24.9. The second kappa shape index (κ2) is 47.0. The van der Waals surface area contributed by atoms with Crippen molar-refractivity contribution in [2.75, 3.05) is 74.6 Å². The molecule has 127 heavy (non-hydrogen) atoms. The molecule has 1 aliphatic heterocycles. The number of aromatic nitrogens is 6. The first-order valence-corrected chi connectivity index (χ1v) is 38.1. The molecule has 0 saturated carbocycles. The van der Waals surface area contributed by atoms with Gasteiger partial charge in [-0.1, -0.05) is 46.4 Å². The number of ether oxygens (including phenoxy) is 4. The third kappa shape index (κ3) is 31.4. The smallest absolute Gasteiger partial charge is 0.417 e. The molecule has 1 saturated heterocycles. The molecule has 0 spiro atoms. The maximum atomic E-state index is 13.1. The zero-order valence-electron chi connectivity index (χ0n) is 65.8. The zero-order chi connectivity index (χ0) is 93.5. The van der Waals surface area contributed by atoms with E-state index in [1.165, 1.54) is 150 Å². The Labute approximate surface area is 744 Å². The summed E-state index contributed by atoms with van der Waals surface area (Å²) in [4.78, 5) is 92.0. The van der Waals surface area contributed by atoms with Crippen molar-refractivity contribution in [1.29, 1.82) is 0 Å². The minimum absolute atomic E-state index is 0.0233. The summed E-state index contributed by atoms with van der Waals surface area (Å²) in [5.74, 6) is 1.02. The molecule has 13 rings (SSSR count). The Morgan fingerprint density at radius 3 is 1.35 bits per heavy atom. The number of hydrogen-bond donors (Lipinski definition) is 12. The van der Waals surface area contributed by atoms with Crippen LogP contribution in [0.3, 0.4) is 0 Å². The lowest BCUT2D eigenvalue weighted by atomic mass is 10.2. The molecule has 6 heterocycles. The molecule has 32 nitrogen and oxygen atoms in total. The van der Waals surface area contributed by atoms with Crippen LogP contribution in [0, 0.1) is 20.2 Å². The number of pyridine rings is 4. The van der Waals surface area contributed by atoms with E-state index in [1.807, 2.05) is 5.16 Å². The lowest BCUT2D eigenvalue weighted by Crippen LogP contribution is -2.20. The molecule has 0 radical (unpaired) electrons. The summed E-state index contributed by atoms with van der Waals surface area (Å²) in [6, 6.07) is 39.8. The van der Waals surface area contributed by atoms with Gasteiger partial charge in [0.15, 0.2) is 5.11 Å². The van der Waals surface area contributed by atoms with Crippen molar-refractivity contribution in [2.24, 2.45) is 4.99 Å². The number of aromatic amines is 1. The summed E-state index contributed by atoms with van der Waals surface area (Å²) in [5.41, 5.74) is 16.6. The van der Waals surface area contributed by atoms with Crippen LogP contribution in [0.25, 0.3) is 11.0 Å². The van der Waals surface area contributed by atoms with Gasteiger partial charge in [-0.3, -0.25) is 59.3 Å². The topological polar surface area (TPSA) is 467 Å². The number of carbonyl (C=O) groups is 4. The Kier molecular flexibility index (Phi) is 36.9. The highest BCUT2D eigenvalue weighted by Crippen LogP contribution is 2.41. The van der Waals surface area contributed by atoms with Crippen molar-refractivity contribution in [3.05, 3.63) is 280 Å². The molecule has 1 aliphatic rings. The summed E-state index contributed by atoms with van der Waals surface area (Å²) in [6.45, 7) is 2.00. The number of nitrogen functional groups attached to an aromatic ring is 3. The number of phenolic OH excluding ortho intramolecular Hbond substituents is 1. The number of fused-ring (bicyclic) bond motifs is 1. The fourth-order valence-corrected chi connectivity index (χ4v) is 11.1. The number of thiocarbonyl (C=S) groups is 2. The fourth-order valence-electron chi connectivity index (χ4n) is 9.94. The Balaban J connectivity index is 0.000000217. The van der Waals surface area contributed by atoms with E-state index in [1.54, 1.807) is 55.6 Å². The van der Waals surface area contributed by atoms with E-state index in [9.17, 15) is 78.9 Å². The molecule has 5 aromatic heterocycles. The number of nitrogens with one attached hydrogen (secondary N) is 8. The number of rotatable bonds is 17. The average molecular weight is 1880 g/mol. The van der Waals surface area contributed by atoms with Crippen LogP contribution in [0.5, 0.6) is 40.2 Å². The van der Waals surface area contributed by atoms with Gasteiger partial charge in [0.1, 0.15) is 74.4 Å². The van der Waals surface area contributed by atoms with Gasteiger partial charge in [-0.05, 0) is 171 Å². The molecule has 0 unspecified atom stereocenters. The number of H-pyrrole nitrogens is 1. The third-order valence-corrected chi connectivity index (χ3v) is 17.4. The second-order valence-corrected chi connectivity index (χ2v) is 27.1. The van der Waals surface area contributed by atoms with E-state index in [2.05, 4.69) is 84.3 Å². The summed E-state index contributed by atoms with van der Waals surface area (Å²) in [5, 5.41) is 49.3. The van der Waals surface area contributed by atoms with Crippen LogP contribution in [0.2, 0.25) is 20.1 Å². The number of anilines is 7. The van der Waals surface area contributed by atoms with Crippen LogP contribution >= 0.6 is 70.8 Å². The summed E-state index contributed by atoms with van der Waals surface area (Å²) >= 11 is 31.7. The van der Waals surface area contributed by atoms with Gasteiger partial charge >= 0.3 is 18.5 Å². The number of aliphatic imine (C=N–C) groups is 1. The number of amides is 4. The van der Waals surface area contributed by atoms with Gasteiger partial charge in [-0.25, -0.2) is 4.98 Å². The van der Waals surface area contributed by atoms with Gasteiger partial charge in [-0.15, -0.1) is 0 Å². The molecule has 0 bridgehead atoms. The minimum atomic E-state index is -4.60. The van der Waals surface area contributed by atoms with Crippen molar-refractivity contribution in [3.8, 4) is 40.2 Å². The lowest BCUT2D eigenvalue weighted by molar-refractivity contribution is -0.384. The molecule has 4 amide bonds. The van der Waals surface area contributed by atoms with Gasteiger partial charge in [-0.2, -0.15) is 44.5 Å². The van der Waals surface area contributed by atoms with Crippen molar-refractivity contribution in [3.63, 3.8) is 0 Å². The Morgan fingerprint density at radius 1 is 0.504 bits per heavy atom. The van der Waals surface area contributed by atoms with Gasteiger partial charge in [0.25, 0.3) is 35.0 Å². The number of nitro benzene ring substituents is 2. The number of nitrogens with two attached hydrogens (primary N) is 3. The SMILES string of the molecule is C1CCOC1.CNC(=O)c1cc(Cl)ccn1.CNC(=O)c1cc(Oc2ccc(N)c([N+](=O)[O-])c2)ccn1.CNC(=O)c1cc(Oc2ccc(NC(=S)Nc3ccc(Cl)c(C(F)(F)F)c3)c(N)c2)ccn1.CNC(=O)c1cc(Oc2ccc3nc(Nc4ccc(Cl)c(C(F)(F)F)c4)[nH]c3c2)ccn1.FC(F)(F)c1cc(N=C=S)ccc1Cl.Nc1ccc(O)cc1[N+](=O)[O-]. The number of alkyl halides is 9. The van der Waals surface area contributed by atoms with Crippen molar-refractivity contribution >= 4 is 173 Å². The Bertz CT molecular complexity index is 6000. The predicted molar refractivity (Wildman–Crippen MR) is 467 cm³/mol. The van der Waals surface area contributed by atoms with E-state index >= 15 is 0 Å². The summed E-state index contributed by atoms with van der Waals surface area (Å²) in [7, 11) is 6.03. The number of halogens is 13. The van der Waals surface area contributed by atoms with Gasteiger partial charge in [0, 0.05) is 113 Å². The van der Waals surface area contributed by atoms with Crippen molar-refractivity contribution in [1.82, 2.24) is 51.2 Å². The van der Waals surface area contributed by atoms with Gasteiger partial charge in [0.2, 0.25) is 5.95 Å². The Hall–Kier alpha value is -14.3. The first-order valence-electron chi connectivity index (χ1n) is 35.8. The van der Waals surface area contributed by atoms with Gasteiger partial charge in [0.05, 0.1) is 87.0 Å². The van der Waals surface area contributed by atoms with Crippen LogP contribution in [0.1, 0.15) is 71.5 Å². The van der Waals surface area contributed by atoms with Crippen LogP contribution in [-0.4, -0.2) is 120 Å². The third-order valence-electron chi connectivity index (χ3n) is 15.9. The average Bonchev–Trinajstić information content (AvgIpc) is 1.67. The standard InChI is InChI=1S/C21H17ClF3N5O2S.C21H15ClF3N5O2.C13H12N4O4.C8H3ClF3NS.C7H7ClN2O.C6H6N2O3.C4H8O/c1-27-19(31)18-10-13(6-7-28-18)32-12-3-5-17(16(26)9-12)30-20(33)29-11-2-4-15(22)14(8-11)21(23,24)25;1-26-19(31)18-10-13(6-7-27-18)32-12-3-5-16-17(9-12)30-20(29-16)28-11-2-4-15(22)14(8-11)21(23,24)25;1-15-13(18)11-6-9(4-5-16-11)21-8-2-3-10(14)12(7-8)17(19)20;9-7-2-1-5(13-4-14)3-6(7)8(10,11)12;1-9-7(11)6-4-5(8)2-3-10-6;7-5-2-1-4(9)3-6(5)8(10)11;1-2-4-5-3-1/h2-10H,26H2,1H3,(H,27,31)(H2,29,30,33);2-10H,1H3,(H,26,31)(H2,28,29,30);2-7H,14H2,1H3,(H,15,18);1-3H;2-4H,1H3,(H,9,11);1-3,9H,7H2;1-4H2. The fraction of sp³-hybridized carbons (Fsp3) is 0.138. The highest BCUT2D eigenvalue weighted by molar-refractivity contribution is 7.80. The number of nitro groups is 2. The lowest BCUT2D eigenvalue weighted by Gasteiger charge is -2.15. The number of benzene rings is 7. The molecule has 0 atom stereocenters. The number of phenols is 1. The quantitative estimate of drug-likeness (QED) is 0.00766. The minimum Gasteiger partial charge on any atom is -0.508 e. The molecule has 15 N–H and O–H groups in total. The van der Waals surface area contributed by atoms with E-state index in [-0.39, 0.29) is 119 Å². The highest BCUT2D eigenvalue weighted by atomic mass is 35.5. The van der Waals surface area contributed by atoms with E-state index in [0.717, 1.165) is 49.6 Å². The van der Waals surface area contributed by atoms with Gasteiger partial charge < -0.3 is 83.5 Å². The maximum Gasteiger partial charge on any atom is 0.417 e. The molecular formula is C80H68Cl4F9N19O13S2. The normalized spacial score (nSPS) is 11.1. The van der Waals surface area contributed by atoms with Crippen molar-refractivity contribution < 1.29 is 92.6 Å². The van der Waals surface area contributed by atoms with Crippen molar-refractivity contribution in [2.45, 2.75) is 31.4 Å². The monoisotopic (exact) mass is 1880 g/mol.